The molecule has 24 heavy (non-hydrogen) atoms. The van der Waals surface area contributed by atoms with Gasteiger partial charge in [0, 0.05) is 11.0 Å². The molecule has 2 aromatic carbocycles. The summed E-state index contributed by atoms with van der Waals surface area (Å²) in [5.74, 6) is -1.10. The Morgan fingerprint density at radius 2 is 1.71 bits per heavy atom. The van der Waals surface area contributed by atoms with Crippen LogP contribution in [0.2, 0.25) is 10.0 Å². The first-order valence-electron chi connectivity index (χ1n) is 6.67. The van der Waals surface area contributed by atoms with Crippen molar-refractivity contribution < 1.29 is 18.3 Å². The first kappa shape index (κ1) is 19.1. The number of carboxylic acid groups (broad SMARTS) is 1. The molecule has 0 saturated heterocycles. The lowest BCUT2D eigenvalue weighted by atomic mass is 10.3. The largest absolute Gasteiger partial charge is 0.481 e. The number of carbonyl (C=O) groups is 1. The SMILES string of the molecule is O=C(O)CCN(c1ccc(Br)cc1)S(=O)(=O)c1ccc(Cl)c(Cl)c1. The Morgan fingerprint density at radius 1 is 1.08 bits per heavy atom. The van der Waals surface area contributed by atoms with Gasteiger partial charge in [0.25, 0.3) is 10.0 Å². The van der Waals surface area contributed by atoms with Crippen LogP contribution in [0.25, 0.3) is 0 Å². The second kappa shape index (κ2) is 7.74. The van der Waals surface area contributed by atoms with Crippen molar-refractivity contribution in [2.24, 2.45) is 0 Å². The second-order valence-electron chi connectivity index (χ2n) is 4.77. The van der Waals surface area contributed by atoms with Crippen LogP contribution in [0, 0.1) is 0 Å². The van der Waals surface area contributed by atoms with E-state index in [0.29, 0.717) is 5.69 Å². The van der Waals surface area contributed by atoms with Gasteiger partial charge in [-0.3, -0.25) is 9.10 Å². The standard InChI is InChI=1S/C15H12BrCl2NO4S/c16-10-1-3-11(4-2-10)19(8-7-15(20)21)24(22,23)12-5-6-13(17)14(18)9-12/h1-6,9H,7-8H2,(H,20,21). The highest BCUT2D eigenvalue weighted by Gasteiger charge is 2.26. The van der Waals surface area contributed by atoms with Crippen molar-refractivity contribution in [1.82, 2.24) is 0 Å². The predicted octanol–water partition coefficient (Wildman–Crippen LogP) is 4.43. The Kier molecular flexibility index (Phi) is 6.14. The quantitative estimate of drug-likeness (QED) is 0.703. The van der Waals surface area contributed by atoms with E-state index in [-0.39, 0.29) is 27.9 Å². The molecule has 0 aliphatic carbocycles. The molecule has 0 unspecified atom stereocenters. The molecule has 0 fully saturated rings. The summed E-state index contributed by atoms with van der Waals surface area (Å²) in [6.45, 7) is -0.209. The Bertz CT molecular complexity index is 856. The zero-order valence-corrected chi connectivity index (χ0v) is 16.0. The van der Waals surface area contributed by atoms with Crippen LogP contribution in [0.5, 0.6) is 0 Å². The topological polar surface area (TPSA) is 74.7 Å². The highest BCUT2D eigenvalue weighted by Crippen LogP contribution is 2.29. The molecule has 0 saturated carbocycles. The molecule has 0 aliphatic heterocycles. The van der Waals surface area contributed by atoms with E-state index in [0.717, 1.165) is 8.78 Å². The highest BCUT2D eigenvalue weighted by molar-refractivity contribution is 9.10. The molecule has 0 aromatic heterocycles. The van der Waals surface area contributed by atoms with Gasteiger partial charge in [-0.15, -0.1) is 0 Å². The molecule has 5 nitrogen and oxygen atoms in total. The average molecular weight is 453 g/mol. The van der Waals surface area contributed by atoms with Crippen LogP contribution in [0.1, 0.15) is 6.42 Å². The number of benzene rings is 2. The van der Waals surface area contributed by atoms with Gasteiger partial charge >= 0.3 is 5.97 Å². The molecule has 0 atom stereocenters. The molecule has 9 heteroatoms. The first-order chi connectivity index (χ1) is 11.2. The van der Waals surface area contributed by atoms with Gasteiger partial charge in [0.15, 0.2) is 0 Å². The molecular weight excluding hydrogens is 441 g/mol. The lowest BCUT2D eigenvalue weighted by molar-refractivity contribution is -0.136. The molecular formula is C15H12BrCl2NO4S. The summed E-state index contributed by atoms with van der Waals surface area (Å²) < 4.78 is 27.6. The summed E-state index contributed by atoms with van der Waals surface area (Å²) in [5, 5.41) is 9.24. The smallest absolute Gasteiger partial charge is 0.305 e. The Labute approximate surface area is 158 Å². The van der Waals surface area contributed by atoms with Crippen molar-refractivity contribution in [1.29, 1.82) is 0 Å². The normalized spacial score (nSPS) is 11.3. The lowest BCUT2D eigenvalue weighted by Gasteiger charge is -2.24. The van der Waals surface area contributed by atoms with Crippen molar-refractivity contribution in [2.75, 3.05) is 10.8 Å². The van der Waals surface area contributed by atoms with Gasteiger partial charge < -0.3 is 5.11 Å². The monoisotopic (exact) mass is 451 g/mol. The van der Waals surface area contributed by atoms with Crippen molar-refractivity contribution >= 4 is 60.8 Å². The van der Waals surface area contributed by atoms with Crippen LogP contribution in [0.4, 0.5) is 5.69 Å². The van der Waals surface area contributed by atoms with E-state index in [4.69, 9.17) is 28.3 Å². The molecule has 0 spiro atoms. The third kappa shape index (κ3) is 4.42. The zero-order valence-electron chi connectivity index (χ0n) is 12.1. The highest BCUT2D eigenvalue weighted by atomic mass is 79.9. The molecule has 128 valence electrons. The van der Waals surface area contributed by atoms with Gasteiger partial charge in [-0.1, -0.05) is 39.1 Å². The van der Waals surface area contributed by atoms with E-state index in [1.165, 1.54) is 18.2 Å². The van der Waals surface area contributed by atoms with Crippen molar-refractivity contribution in [3.05, 3.63) is 57.0 Å². The number of nitrogens with zero attached hydrogens (tertiary/aromatic N) is 1. The predicted molar refractivity (Wildman–Crippen MR) is 97.4 cm³/mol. The van der Waals surface area contributed by atoms with E-state index in [1.54, 1.807) is 24.3 Å². The van der Waals surface area contributed by atoms with E-state index in [1.807, 2.05) is 0 Å². The maximum atomic E-state index is 12.9. The summed E-state index contributed by atoms with van der Waals surface area (Å²) in [7, 11) is -3.99. The molecule has 2 rings (SSSR count). The van der Waals surface area contributed by atoms with E-state index in [2.05, 4.69) is 15.9 Å². The van der Waals surface area contributed by atoms with Crippen molar-refractivity contribution in [2.45, 2.75) is 11.3 Å². The van der Waals surface area contributed by atoms with Crippen LogP contribution in [0.15, 0.2) is 51.8 Å². The van der Waals surface area contributed by atoms with Crippen molar-refractivity contribution in [3.63, 3.8) is 0 Å². The van der Waals surface area contributed by atoms with Gasteiger partial charge in [-0.2, -0.15) is 0 Å². The molecule has 0 bridgehead atoms. The number of carboxylic acids is 1. The molecule has 1 N–H and O–H groups in total. The fraction of sp³-hybridized carbons (Fsp3) is 0.133. The zero-order chi connectivity index (χ0) is 17.9. The number of hydrogen-bond acceptors (Lipinski definition) is 3. The Balaban J connectivity index is 2.49. The number of halogens is 3. The van der Waals surface area contributed by atoms with Crippen LogP contribution in [-0.2, 0) is 14.8 Å². The molecule has 0 amide bonds. The minimum atomic E-state index is -3.99. The van der Waals surface area contributed by atoms with Gasteiger partial charge in [0.05, 0.1) is 27.0 Å². The minimum absolute atomic E-state index is 0.0646. The third-order valence-electron chi connectivity index (χ3n) is 3.12. The summed E-state index contributed by atoms with van der Waals surface area (Å²) in [6, 6.07) is 10.5. The average Bonchev–Trinajstić information content (AvgIpc) is 2.51. The third-order valence-corrected chi connectivity index (χ3v) is 6.21. The first-order valence-corrected chi connectivity index (χ1v) is 9.66. The van der Waals surface area contributed by atoms with Crippen LogP contribution in [0.3, 0.4) is 0 Å². The molecule has 2 aromatic rings. The van der Waals surface area contributed by atoms with Crippen LogP contribution in [-0.4, -0.2) is 26.0 Å². The van der Waals surface area contributed by atoms with Crippen LogP contribution < -0.4 is 4.31 Å². The summed E-state index contributed by atoms with van der Waals surface area (Å²) in [4.78, 5) is 10.8. The molecule has 0 heterocycles. The Morgan fingerprint density at radius 3 is 2.25 bits per heavy atom. The van der Waals surface area contributed by atoms with Crippen molar-refractivity contribution in [3.8, 4) is 0 Å². The Hall–Kier alpha value is -1.28. The van der Waals surface area contributed by atoms with Gasteiger partial charge in [0.1, 0.15) is 0 Å². The van der Waals surface area contributed by atoms with Gasteiger partial charge in [-0.05, 0) is 42.5 Å². The fourth-order valence-electron chi connectivity index (χ4n) is 1.96. The maximum Gasteiger partial charge on any atom is 0.305 e. The molecule has 0 radical (unpaired) electrons. The second-order valence-corrected chi connectivity index (χ2v) is 8.37. The molecule has 0 aliphatic rings. The van der Waals surface area contributed by atoms with Crippen LogP contribution >= 0.6 is 39.1 Å². The number of aliphatic carboxylic acids is 1. The maximum absolute atomic E-state index is 12.9. The summed E-state index contributed by atoms with van der Waals surface area (Å²) >= 11 is 15.0. The number of sulfonamides is 1. The minimum Gasteiger partial charge on any atom is -0.481 e. The van der Waals surface area contributed by atoms with E-state index in [9.17, 15) is 13.2 Å². The number of anilines is 1. The van der Waals surface area contributed by atoms with Gasteiger partial charge in [-0.25, -0.2) is 8.42 Å². The summed E-state index contributed by atoms with van der Waals surface area (Å²) in [5.41, 5.74) is 0.352. The fourth-order valence-corrected chi connectivity index (χ4v) is 4.08. The summed E-state index contributed by atoms with van der Waals surface area (Å²) in [6.07, 6.45) is -0.337. The lowest BCUT2D eigenvalue weighted by Crippen LogP contribution is -2.33. The van der Waals surface area contributed by atoms with Gasteiger partial charge in [0.2, 0.25) is 0 Å². The van der Waals surface area contributed by atoms with E-state index < -0.39 is 16.0 Å². The number of hydrogen-bond donors (Lipinski definition) is 1. The number of rotatable bonds is 6. The van der Waals surface area contributed by atoms with E-state index >= 15 is 0 Å².